The zero-order chi connectivity index (χ0) is 10.4. The lowest BCUT2D eigenvalue weighted by molar-refractivity contribution is -0.0560. The molecule has 1 rings (SSSR count). The van der Waals surface area contributed by atoms with Crippen LogP contribution < -0.4 is 0 Å². The molecular formula is C10H16ClFO2. The van der Waals surface area contributed by atoms with E-state index in [9.17, 15) is 4.39 Å². The van der Waals surface area contributed by atoms with Crippen molar-refractivity contribution in [3.05, 3.63) is 11.4 Å². The van der Waals surface area contributed by atoms with Gasteiger partial charge in [-0.05, 0) is 24.8 Å². The van der Waals surface area contributed by atoms with Crippen LogP contribution in [0.5, 0.6) is 0 Å². The third kappa shape index (κ3) is 4.94. The first-order valence-electron chi connectivity index (χ1n) is 4.93. The highest BCUT2D eigenvalue weighted by molar-refractivity contribution is 6.28. The van der Waals surface area contributed by atoms with Crippen molar-refractivity contribution in [1.82, 2.24) is 0 Å². The van der Waals surface area contributed by atoms with Crippen LogP contribution in [0.4, 0.5) is 4.39 Å². The van der Waals surface area contributed by atoms with Gasteiger partial charge in [0.15, 0.2) is 11.6 Å². The van der Waals surface area contributed by atoms with E-state index in [4.69, 9.17) is 21.1 Å². The Balaban J connectivity index is 2.09. The Morgan fingerprint density at radius 1 is 1.57 bits per heavy atom. The van der Waals surface area contributed by atoms with Crippen LogP contribution in [0, 0.1) is 5.92 Å². The molecule has 1 atom stereocenters. The largest absolute Gasteiger partial charge is 0.350 e. The lowest BCUT2D eigenvalue weighted by atomic mass is 10.0. The molecular weight excluding hydrogens is 207 g/mol. The van der Waals surface area contributed by atoms with E-state index in [0.29, 0.717) is 25.6 Å². The molecule has 1 fully saturated rings. The summed E-state index contributed by atoms with van der Waals surface area (Å²) in [4.78, 5) is 0. The molecule has 0 aromatic carbocycles. The quantitative estimate of drug-likeness (QED) is 0.711. The fourth-order valence-electron chi connectivity index (χ4n) is 1.47. The smallest absolute Gasteiger partial charge is 0.185 e. The predicted molar refractivity (Wildman–Crippen MR) is 53.8 cm³/mol. The van der Waals surface area contributed by atoms with Crippen molar-refractivity contribution in [3.63, 3.8) is 0 Å². The summed E-state index contributed by atoms with van der Waals surface area (Å²) in [5.41, 5.74) is 0. The normalized spacial score (nSPS) is 21.5. The molecule has 0 bridgehead atoms. The van der Waals surface area contributed by atoms with E-state index in [-0.39, 0.29) is 6.29 Å². The highest BCUT2D eigenvalue weighted by Gasteiger charge is 2.18. The van der Waals surface area contributed by atoms with Gasteiger partial charge in [-0.2, -0.15) is 4.39 Å². The van der Waals surface area contributed by atoms with E-state index in [1.54, 1.807) is 0 Å². The Bertz CT molecular complexity index is 187. The Morgan fingerprint density at radius 3 is 2.79 bits per heavy atom. The van der Waals surface area contributed by atoms with Crippen molar-refractivity contribution in [3.8, 4) is 0 Å². The molecule has 1 aliphatic rings. The highest BCUT2D eigenvalue weighted by atomic mass is 35.5. The van der Waals surface area contributed by atoms with Crippen LogP contribution in [0.1, 0.15) is 26.2 Å². The van der Waals surface area contributed by atoms with Crippen LogP contribution in [-0.4, -0.2) is 19.5 Å². The van der Waals surface area contributed by atoms with Gasteiger partial charge in [-0.1, -0.05) is 18.5 Å². The minimum atomic E-state index is -0.620. The van der Waals surface area contributed by atoms with Gasteiger partial charge in [0, 0.05) is 6.42 Å². The van der Waals surface area contributed by atoms with Crippen LogP contribution >= 0.6 is 11.6 Å². The van der Waals surface area contributed by atoms with E-state index >= 15 is 0 Å². The van der Waals surface area contributed by atoms with Gasteiger partial charge in [0.2, 0.25) is 0 Å². The molecule has 2 nitrogen and oxygen atoms in total. The maximum atomic E-state index is 12.1. The molecule has 0 aromatic heterocycles. The number of allylic oxidation sites excluding steroid dienone is 1. The second-order valence-corrected chi connectivity index (χ2v) is 3.94. The van der Waals surface area contributed by atoms with E-state index in [0.717, 1.165) is 12.8 Å². The van der Waals surface area contributed by atoms with E-state index in [2.05, 4.69) is 6.92 Å². The summed E-state index contributed by atoms with van der Waals surface area (Å²) in [6, 6.07) is 0. The average Bonchev–Trinajstić information content (AvgIpc) is 2.56. The Kier molecular flexibility index (Phi) is 5.45. The van der Waals surface area contributed by atoms with Gasteiger partial charge in [-0.3, -0.25) is 0 Å². The van der Waals surface area contributed by atoms with Gasteiger partial charge in [0.1, 0.15) is 0 Å². The molecule has 0 spiro atoms. The molecule has 0 N–H and O–H groups in total. The number of hydrogen-bond acceptors (Lipinski definition) is 2. The molecule has 1 heterocycles. The van der Waals surface area contributed by atoms with Crippen molar-refractivity contribution < 1.29 is 13.9 Å². The van der Waals surface area contributed by atoms with Gasteiger partial charge in [0.25, 0.3) is 0 Å². The molecule has 1 saturated heterocycles. The maximum Gasteiger partial charge on any atom is 0.185 e. The van der Waals surface area contributed by atoms with Crippen LogP contribution in [-0.2, 0) is 9.47 Å². The van der Waals surface area contributed by atoms with Crippen LogP contribution in [0.15, 0.2) is 11.4 Å². The Labute approximate surface area is 89.0 Å². The van der Waals surface area contributed by atoms with Crippen molar-refractivity contribution in [2.24, 2.45) is 5.92 Å². The summed E-state index contributed by atoms with van der Waals surface area (Å²) in [6.45, 7) is 3.48. The highest BCUT2D eigenvalue weighted by Crippen LogP contribution is 2.19. The molecule has 0 saturated carbocycles. The molecule has 14 heavy (non-hydrogen) atoms. The van der Waals surface area contributed by atoms with Crippen LogP contribution in [0.25, 0.3) is 0 Å². The third-order valence-electron chi connectivity index (χ3n) is 2.24. The van der Waals surface area contributed by atoms with Crippen molar-refractivity contribution >= 4 is 11.6 Å². The molecule has 0 unspecified atom stereocenters. The number of halogens is 2. The summed E-state index contributed by atoms with van der Waals surface area (Å²) in [5, 5.41) is -0.620. The Hall–Kier alpha value is -0.120. The minimum Gasteiger partial charge on any atom is -0.350 e. The third-order valence-corrected chi connectivity index (χ3v) is 2.40. The fourth-order valence-corrected chi connectivity index (χ4v) is 1.58. The van der Waals surface area contributed by atoms with Gasteiger partial charge >= 0.3 is 0 Å². The molecule has 0 aliphatic carbocycles. The first-order valence-corrected chi connectivity index (χ1v) is 5.30. The number of ether oxygens (including phenoxy) is 2. The van der Waals surface area contributed by atoms with Gasteiger partial charge in [-0.15, -0.1) is 0 Å². The van der Waals surface area contributed by atoms with Gasteiger partial charge in [-0.25, -0.2) is 0 Å². The zero-order valence-corrected chi connectivity index (χ0v) is 9.10. The summed E-state index contributed by atoms with van der Waals surface area (Å²) >= 11 is 5.08. The Morgan fingerprint density at radius 2 is 2.21 bits per heavy atom. The fraction of sp³-hybridized carbons (Fsp3) is 0.800. The lowest BCUT2D eigenvalue weighted by Crippen LogP contribution is -2.12. The molecule has 0 aromatic rings. The van der Waals surface area contributed by atoms with Crippen molar-refractivity contribution in [1.29, 1.82) is 0 Å². The van der Waals surface area contributed by atoms with E-state index in [1.807, 2.05) is 0 Å². The maximum absolute atomic E-state index is 12.1. The molecule has 82 valence electrons. The topological polar surface area (TPSA) is 18.5 Å². The second-order valence-electron chi connectivity index (χ2n) is 3.58. The van der Waals surface area contributed by atoms with Crippen LogP contribution in [0.3, 0.4) is 0 Å². The molecule has 0 radical (unpaired) electrons. The van der Waals surface area contributed by atoms with E-state index < -0.39 is 5.29 Å². The molecule has 1 aliphatic heterocycles. The van der Waals surface area contributed by atoms with Crippen molar-refractivity contribution in [2.75, 3.05) is 13.2 Å². The van der Waals surface area contributed by atoms with Crippen LogP contribution in [0.2, 0.25) is 0 Å². The molecule has 0 amide bonds. The summed E-state index contributed by atoms with van der Waals surface area (Å²) < 4.78 is 22.8. The standard InChI is InChI=1S/C10H16ClFO2/c1-8(3-2-4-9(11)12)7-10-13-5-6-14-10/h4,8,10H,2-3,5-7H2,1H3/b9-4+/t8-/m0/s1. The van der Waals surface area contributed by atoms with Gasteiger partial charge in [0.05, 0.1) is 13.2 Å². The first-order chi connectivity index (χ1) is 6.68. The summed E-state index contributed by atoms with van der Waals surface area (Å²) in [5.74, 6) is 0.463. The zero-order valence-electron chi connectivity index (χ0n) is 8.34. The molecule has 4 heteroatoms. The number of hydrogen-bond donors (Lipinski definition) is 0. The van der Waals surface area contributed by atoms with Gasteiger partial charge < -0.3 is 9.47 Å². The van der Waals surface area contributed by atoms with E-state index in [1.165, 1.54) is 6.08 Å². The average molecular weight is 223 g/mol. The monoisotopic (exact) mass is 222 g/mol. The predicted octanol–water partition coefficient (Wildman–Crippen LogP) is 3.22. The second kappa shape index (κ2) is 6.38. The first kappa shape index (κ1) is 12.0. The lowest BCUT2D eigenvalue weighted by Gasteiger charge is -2.14. The summed E-state index contributed by atoms with van der Waals surface area (Å²) in [7, 11) is 0. The number of rotatable bonds is 5. The summed E-state index contributed by atoms with van der Waals surface area (Å²) in [6.07, 6.45) is 3.79. The SMILES string of the molecule is C[C@@H](CC/C=C(/F)Cl)CC1OCCO1. The van der Waals surface area contributed by atoms with Crippen molar-refractivity contribution in [2.45, 2.75) is 32.5 Å². The minimum absolute atomic E-state index is 0.0603.